The molecule has 0 saturated carbocycles. The molecule has 0 bridgehead atoms. The van der Waals surface area contributed by atoms with Gasteiger partial charge >= 0.3 is 0 Å². The number of hydrogen-bond acceptors (Lipinski definition) is 0. The average molecular weight is 304 g/mol. The SMILES string of the molecule is CCCCCCCP(C)CP(C)CCCCCCC. The fourth-order valence-corrected chi connectivity index (χ4v) is 8.48. The highest BCUT2D eigenvalue weighted by atomic mass is 31.2. The highest BCUT2D eigenvalue weighted by Gasteiger charge is 2.07. The van der Waals surface area contributed by atoms with Crippen LogP contribution in [0.1, 0.15) is 78.1 Å². The molecular weight excluding hydrogens is 266 g/mol. The molecule has 19 heavy (non-hydrogen) atoms. The monoisotopic (exact) mass is 304 g/mol. The van der Waals surface area contributed by atoms with Gasteiger partial charge in [0.15, 0.2) is 0 Å². The summed E-state index contributed by atoms with van der Waals surface area (Å²) in [4.78, 5) is 0. The zero-order valence-electron chi connectivity index (χ0n) is 14.1. The molecule has 0 saturated heterocycles. The van der Waals surface area contributed by atoms with E-state index in [1.807, 2.05) is 0 Å². The first-order valence-corrected chi connectivity index (χ1v) is 12.9. The molecule has 2 unspecified atom stereocenters. The molecule has 0 aromatic heterocycles. The standard InChI is InChI=1S/C17H38P2/c1-5-7-9-11-13-15-18(3)17-19(4)16-14-12-10-8-6-2/h5-17H2,1-4H3. The summed E-state index contributed by atoms with van der Waals surface area (Å²) in [6, 6.07) is 0. The normalized spacial score (nSPS) is 14.5. The quantitative estimate of drug-likeness (QED) is 0.237. The lowest BCUT2D eigenvalue weighted by Crippen LogP contribution is -1.92. The van der Waals surface area contributed by atoms with E-state index in [2.05, 4.69) is 27.2 Å². The van der Waals surface area contributed by atoms with Crippen LogP contribution >= 0.6 is 15.8 Å². The van der Waals surface area contributed by atoms with Crippen molar-refractivity contribution in [2.45, 2.75) is 78.1 Å². The van der Waals surface area contributed by atoms with Crippen molar-refractivity contribution in [3.05, 3.63) is 0 Å². The second-order valence-corrected chi connectivity index (χ2v) is 11.6. The van der Waals surface area contributed by atoms with Gasteiger partial charge < -0.3 is 0 Å². The van der Waals surface area contributed by atoms with E-state index in [1.54, 1.807) is 18.2 Å². The van der Waals surface area contributed by atoms with Gasteiger partial charge in [-0.2, -0.15) is 0 Å². The van der Waals surface area contributed by atoms with Crippen molar-refractivity contribution in [2.75, 3.05) is 31.6 Å². The molecule has 0 rings (SSSR count). The zero-order valence-corrected chi connectivity index (χ0v) is 15.9. The van der Waals surface area contributed by atoms with Crippen LogP contribution in [0.25, 0.3) is 0 Å². The molecule has 0 aliphatic carbocycles. The minimum atomic E-state index is 0.360. The Labute approximate surface area is 126 Å². The molecule has 0 amide bonds. The van der Waals surface area contributed by atoms with Crippen molar-refractivity contribution in [2.24, 2.45) is 0 Å². The molecule has 2 heteroatoms. The maximum absolute atomic E-state index is 2.55. The molecule has 0 aromatic carbocycles. The van der Waals surface area contributed by atoms with E-state index in [0.29, 0.717) is 15.8 Å². The van der Waals surface area contributed by atoms with Crippen molar-refractivity contribution in [1.29, 1.82) is 0 Å². The van der Waals surface area contributed by atoms with Crippen molar-refractivity contribution >= 4 is 15.8 Å². The Hall–Kier alpha value is 0.860. The van der Waals surface area contributed by atoms with Crippen LogP contribution in [0.4, 0.5) is 0 Å². The third-order valence-corrected chi connectivity index (χ3v) is 9.79. The van der Waals surface area contributed by atoms with Crippen LogP contribution in [0, 0.1) is 0 Å². The lowest BCUT2D eigenvalue weighted by molar-refractivity contribution is 0.658. The molecule has 0 nitrogen and oxygen atoms in total. The van der Waals surface area contributed by atoms with Gasteiger partial charge in [-0.25, -0.2) is 0 Å². The summed E-state index contributed by atoms with van der Waals surface area (Å²) >= 11 is 0. The molecule has 0 spiro atoms. The van der Waals surface area contributed by atoms with Gasteiger partial charge in [-0.1, -0.05) is 65.2 Å². The van der Waals surface area contributed by atoms with E-state index in [1.165, 1.54) is 64.2 Å². The average Bonchev–Trinajstić information content (AvgIpc) is 2.38. The van der Waals surface area contributed by atoms with E-state index in [4.69, 9.17) is 0 Å². The topological polar surface area (TPSA) is 0 Å². The zero-order chi connectivity index (χ0) is 14.3. The van der Waals surface area contributed by atoms with Gasteiger partial charge in [-0.05, 0) is 44.4 Å². The van der Waals surface area contributed by atoms with E-state index in [9.17, 15) is 0 Å². The van der Waals surface area contributed by atoms with E-state index >= 15 is 0 Å². The Balaban J connectivity index is 3.34. The van der Waals surface area contributed by atoms with Crippen molar-refractivity contribution < 1.29 is 0 Å². The molecule has 0 heterocycles. The van der Waals surface area contributed by atoms with Crippen LogP contribution in [0.5, 0.6) is 0 Å². The number of hydrogen-bond donors (Lipinski definition) is 0. The maximum atomic E-state index is 2.55. The van der Waals surface area contributed by atoms with Gasteiger partial charge in [0.05, 0.1) is 0 Å². The van der Waals surface area contributed by atoms with E-state index < -0.39 is 0 Å². The largest absolute Gasteiger partial charge is 0.106 e. The Morgan fingerprint density at radius 2 is 0.895 bits per heavy atom. The summed E-state index contributed by atoms with van der Waals surface area (Å²) in [6.07, 6.45) is 17.6. The van der Waals surface area contributed by atoms with Crippen LogP contribution in [-0.4, -0.2) is 31.6 Å². The predicted octanol–water partition coefficient (Wildman–Crippen LogP) is 7.11. The van der Waals surface area contributed by atoms with Crippen molar-refractivity contribution in [3.8, 4) is 0 Å². The Bertz CT molecular complexity index is 153. The third kappa shape index (κ3) is 15.1. The maximum Gasteiger partial charge on any atom is -0.0125 e. The first-order chi connectivity index (χ1) is 9.20. The second-order valence-electron chi connectivity index (χ2n) is 6.13. The first-order valence-electron chi connectivity index (χ1n) is 8.57. The van der Waals surface area contributed by atoms with Crippen LogP contribution in [-0.2, 0) is 0 Å². The van der Waals surface area contributed by atoms with Gasteiger partial charge in [-0.15, -0.1) is 15.8 Å². The molecule has 116 valence electrons. The van der Waals surface area contributed by atoms with Gasteiger partial charge in [0.25, 0.3) is 0 Å². The predicted molar refractivity (Wildman–Crippen MR) is 97.8 cm³/mol. The Morgan fingerprint density at radius 3 is 1.26 bits per heavy atom. The fraction of sp³-hybridized carbons (Fsp3) is 1.00. The van der Waals surface area contributed by atoms with Crippen LogP contribution < -0.4 is 0 Å². The minimum absolute atomic E-state index is 0.360. The molecule has 0 aliphatic heterocycles. The van der Waals surface area contributed by atoms with Gasteiger partial charge in [0, 0.05) is 0 Å². The summed E-state index contributed by atoms with van der Waals surface area (Å²) in [5, 5.41) is 0. The molecule has 2 atom stereocenters. The van der Waals surface area contributed by atoms with Gasteiger partial charge in [-0.3, -0.25) is 0 Å². The Kier molecular flexibility index (Phi) is 15.9. The lowest BCUT2D eigenvalue weighted by atomic mass is 10.2. The van der Waals surface area contributed by atoms with Crippen LogP contribution in [0.2, 0.25) is 0 Å². The van der Waals surface area contributed by atoms with Crippen molar-refractivity contribution in [3.63, 3.8) is 0 Å². The summed E-state index contributed by atoms with van der Waals surface area (Å²) < 4.78 is 0. The lowest BCUT2D eigenvalue weighted by Gasteiger charge is -2.18. The highest BCUT2D eigenvalue weighted by molar-refractivity contribution is 7.73. The summed E-state index contributed by atoms with van der Waals surface area (Å²) in [5.41, 5.74) is 0. The third-order valence-electron chi connectivity index (χ3n) is 3.77. The Morgan fingerprint density at radius 1 is 0.526 bits per heavy atom. The molecule has 0 fully saturated rings. The minimum Gasteiger partial charge on any atom is -0.106 e. The molecule has 0 N–H and O–H groups in total. The van der Waals surface area contributed by atoms with Crippen LogP contribution in [0.15, 0.2) is 0 Å². The summed E-state index contributed by atoms with van der Waals surface area (Å²) in [7, 11) is 0.721. The van der Waals surface area contributed by atoms with E-state index in [-0.39, 0.29) is 0 Å². The van der Waals surface area contributed by atoms with Gasteiger partial charge in [0.1, 0.15) is 0 Å². The van der Waals surface area contributed by atoms with E-state index in [0.717, 1.165) is 0 Å². The second kappa shape index (κ2) is 15.3. The van der Waals surface area contributed by atoms with Crippen LogP contribution in [0.3, 0.4) is 0 Å². The summed E-state index contributed by atoms with van der Waals surface area (Å²) in [5.74, 6) is 1.59. The number of rotatable bonds is 14. The fourth-order valence-electron chi connectivity index (χ4n) is 2.52. The first kappa shape index (κ1) is 19.9. The molecule has 0 aromatic rings. The summed E-state index contributed by atoms with van der Waals surface area (Å²) in [6.45, 7) is 9.70. The molecular formula is C17H38P2. The molecule has 0 aliphatic rings. The number of unbranched alkanes of at least 4 members (excludes halogenated alkanes) is 8. The smallest absolute Gasteiger partial charge is 0.0125 e. The van der Waals surface area contributed by atoms with Gasteiger partial charge in [0.2, 0.25) is 0 Å². The molecule has 0 radical (unpaired) electrons. The van der Waals surface area contributed by atoms with Crippen molar-refractivity contribution in [1.82, 2.24) is 0 Å². The highest BCUT2D eigenvalue weighted by Crippen LogP contribution is 2.47.